The maximum Gasteiger partial charge on any atom is 0.0985 e. The molecule has 0 amide bonds. The molecule has 0 spiro atoms. The Balaban J connectivity index is 1.81. The summed E-state index contributed by atoms with van der Waals surface area (Å²) >= 11 is 0. The van der Waals surface area contributed by atoms with Crippen molar-refractivity contribution in [1.29, 1.82) is 0 Å². The van der Waals surface area contributed by atoms with E-state index >= 15 is 0 Å². The van der Waals surface area contributed by atoms with Gasteiger partial charge in [-0.25, -0.2) is 0 Å². The first kappa shape index (κ1) is 25.4. The highest BCUT2D eigenvalue weighted by molar-refractivity contribution is 5.64. The molecule has 1 unspecified atom stereocenters. The molecule has 188 valence electrons. The molecule has 1 N–H and O–H groups in total. The van der Waals surface area contributed by atoms with Crippen molar-refractivity contribution in [2.75, 3.05) is 36.1 Å². The van der Waals surface area contributed by atoms with Crippen molar-refractivity contribution in [1.82, 2.24) is 10.3 Å². The first-order valence-electron chi connectivity index (χ1n) is 13.3. The summed E-state index contributed by atoms with van der Waals surface area (Å²) < 4.78 is 0. The van der Waals surface area contributed by atoms with Crippen LogP contribution < -0.4 is 15.3 Å². The maximum absolute atomic E-state index is 3.83. The quantitative estimate of drug-likeness (QED) is 0.330. The Bertz CT molecular complexity index is 1160. The fraction of sp³-hybridized carbons (Fsp3) is 0.312. The van der Waals surface area contributed by atoms with E-state index in [1.165, 1.54) is 33.8 Å². The highest BCUT2D eigenvalue weighted by atomic mass is 15.6. The van der Waals surface area contributed by atoms with E-state index in [1.807, 2.05) is 0 Å². The number of hydrogen-bond acceptors (Lipinski definition) is 4. The number of benzene rings is 3. The fourth-order valence-electron chi connectivity index (χ4n) is 5.11. The van der Waals surface area contributed by atoms with Crippen LogP contribution in [0.2, 0.25) is 0 Å². The van der Waals surface area contributed by atoms with Crippen LogP contribution >= 0.6 is 0 Å². The maximum atomic E-state index is 3.83. The molecule has 0 aromatic heterocycles. The second kappa shape index (κ2) is 11.9. The summed E-state index contributed by atoms with van der Waals surface area (Å²) in [5.74, 6) is 0. The average molecular weight is 481 g/mol. The monoisotopic (exact) mass is 480 g/mol. The molecule has 3 aromatic carbocycles. The minimum Gasteiger partial charge on any atom is -0.372 e. The van der Waals surface area contributed by atoms with E-state index in [4.69, 9.17) is 0 Å². The van der Waals surface area contributed by atoms with Gasteiger partial charge in [0.1, 0.15) is 0 Å². The minimum absolute atomic E-state index is 0.0999. The third-order valence-corrected chi connectivity index (χ3v) is 7.13. The SMILES string of the molecule is CCN(CC)C(=Cc1ccccc1)C1=C(C)C(c2ccc(N(CC)CC)cc2)N(c2ccccc2)N1. The van der Waals surface area contributed by atoms with Gasteiger partial charge in [0.15, 0.2) is 0 Å². The predicted molar refractivity (Wildman–Crippen MR) is 155 cm³/mol. The van der Waals surface area contributed by atoms with Crippen LogP contribution in [0.4, 0.5) is 11.4 Å². The highest BCUT2D eigenvalue weighted by Crippen LogP contribution is 2.40. The molecule has 4 rings (SSSR count). The van der Waals surface area contributed by atoms with Crippen LogP contribution in [-0.2, 0) is 0 Å². The molecule has 0 fully saturated rings. The van der Waals surface area contributed by atoms with Crippen molar-refractivity contribution in [3.8, 4) is 0 Å². The van der Waals surface area contributed by atoms with Gasteiger partial charge in [-0.3, -0.25) is 10.4 Å². The Morgan fingerprint density at radius 3 is 1.92 bits per heavy atom. The van der Waals surface area contributed by atoms with E-state index in [2.05, 4.69) is 146 Å². The second-order valence-corrected chi connectivity index (χ2v) is 9.15. The molecule has 1 atom stereocenters. The summed E-state index contributed by atoms with van der Waals surface area (Å²) in [6, 6.07) is 30.5. The van der Waals surface area contributed by atoms with Crippen LogP contribution in [0.5, 0.6) is 0 Å². The van der Waals surface area contributed by atoms with E-state index < -0.39 is 0 Å². The van der Waals surface area contributed by atoms with E-state index in [0.717, 1.165) is 31.9 Å². The summed E-state index contributed by atoms with van der Waals surface area (Å²) in [4.78, 5) is 4.83. The molecular weight excluding hydrogens is 440 g/mol. The topological polar surface area (TPSA) is 21.8 Å². The Morgan fingerprint density at radius 2 is 1.36 bits per heavy atom. The van der Waals surface area contributed by atoms with Crippen molar-refractivity contribution < 1.29 is 0 Å². The summed E-state index contributed by atoms with van der Waals surface area (Å²) in [5.41, 5.74) is 12.5. The molecule has 1 aliphatic rings. The zero-order valence-electron chi connectivity index (χ0n) is 22.4. The van der Waals surface area contributed by atoms with E-state index in [1.54, 1.807) is 0 Å². The predicted octanol–water partition coefficient (Wildman–Crippen LogP) is 7.26. The van der Waals surface area contributed by atoms with Crippen LogP contribution in [0.25, 0.3) is 6.08 Å². The van der Waals surface area contributed by atoms with Gasteiger partial charge in [0.25, 0.3) is 0 Å². The Morgan fingerprint density at radius 1 is 0.778 bits per heavy atom. The number of anilines is 2. The van der Waals surface area contributed by atoms with E-state index in [-0.39, 0.29) is 6.04 Å². The van der Waals surface area contributed by atoms with Gasteiger partial charge in [0.05, 0.1) is 23.1 Å². The molecule has 0 bridgehead atoms. The number of hydrogen-bond donors (Lipinski definition) is 1. The molecule has 0 radical (unpaired) electrons. The summed E-state index contributed by atoms with van der Waals surface area (Å²) in [7, 11) is 0. The number of likely N-dealkylation sites (N-methyl/N-ethyl adjacent to an activating group) is 1. The largest absolute Gasteiger partial charge is 0.372 e. The lowest BCUT2D eigenvalue weighted by molar-refractivity contribution is 0.388. The molecule has 3 aromatic rings. The van der Waals surface area contributed by atoms with Gasteiger partial charge in [-0.1, -0.05) is 60.7 Å². The number of hydrazine groups is 1. The normalized spacial score (nSPS) is 15.8. The first-order chi connectivity index (χ1) is 17.6. The average Bonchev–Trinajstić information content (AvgIpc) is 3.27. The number of nitrogens with one attached hydrogen (secondary N) is 1. The third-order valence-electron chi connectivity index (χ3n) is 7.13. The van der Waals surface area contributed by atoms with Gasteiger partial charge in [0.2, 0.25) is 0 Å². The van der Waals surface area contributed by atoms with Crippen molar-refractivity contribution in [2.45, 2.75) is 40.7 Å². The van der Waals surface area contributed by atoms with Crippen LogP contribution in [0.3, 0.4) is 0 Å². The Hall–Kier alpha value is -3.66. The molecular formula is C32H40N4. The van der Waals surface area contributed by atoms with E-state index in [0.29, 0.717) is 0 Å². The van der Waals surface area contributed by atoms with Crippen molar-refractivity contribution in [3.63, 3.8) is 0 Å². The molecule has 4 heteroatoms. The smallest absolute Gasteiger partial charge is 0.0985 e. The van der Waals surface area contributed by atoms with Crippen molar-refractivity contribution in [2.24, 2.45) is 0 Å². The highest BCUT2D eigenvalue weighted by Gasteiger charge is 2.34. The standard InChI is InChI=1S/C32H40N4/c1-6-34(7-2)28-22-20-27(21-23-28)32-25(5)31(33-36(32)29-18-14-11-15-19-29)30(35(8-3)9-4)24-26-16-12-10-13-17-26/h10-24,32-33H,6-9H2,1-5H3. The van der Waals surface area contributed by atoms with Crippen LogP contribution in [-0.4, -0.2) is 31.1 Å². The van der Waals surface area contributed by atoms with Gasteiger partial charge >= 0.3 is 0 Å². The second-order valence-electron chi connectivity index (χ2n) is 9.15. The zero-order chi connectivity index (χ0) is 25.5. The van der Waals surface area contributed by atoms with Crippen molar-refractivity contribution in [3.05, 3.63) is 113 Å². The lowest BCUT2D eigenvalue weighted by atomic mass is 9.97. The molecule has 36 heavy (non-hydrogen) atoms. The summed E-state index contributed by atoms with van der Waals surface area (Å²) in [6.07, 6.45) is 2.31. The van der Waals surface area contributed by atoms with Gasteiger partial charge in [-0.05, 0) is 81.7 Å². The first-order valence-corrected chi connectivity index (χ1v) is 13.3. The van der Waals surface area contributed by atoms with Gasteiger partial charge in [0, 0.05) is 31.9 Å². The molecule has 1 aliphatic heterocycles. The molecule has 0 saturated heterocycles. The fourth-order valence-corrected chi connectivity index (χ4v) is 5.11. The molecule has 1 heterocycles. The summed E-state index contributed by atoms with van der Waals surface area (Å²) in [5, 5.41) is 2.32. The van der Waals surface area contributed by atoms with Crippen LogP contribution in [0.1, 0.15) is 51.8 Å². The zero-order valence-corrected chi connectivity index (χ0v) is 22.4. The van der Waals surface area contributed by atoms with Gasteiger partial charge < -0.3 is 9.80 Å². The lowest BCUT2D eigenvalue weighted by Gasteiger charge is -2.30. The lowest BCUT2D eigenvalue weighted by Crippen LogP contribution is -2.36. The Kier molecular flexibility index (Phi) is 8.37. The van der Waals surface area contributed by atoms with Gasteiger partial charge in [-0.2, -0.15) is 0 Å². The summed E-state index contributed by atoms with van der Waals surface area (Å²) in [6.45, 7) is 15.1. The molecule has 0 saturated carbocycles. The van der Waals surface area contributed by atoms with Crippen LogP contribution in [0, 0.1) is 0 Å². The van der Waals surface area contributed by atoms with Crippen LogP contribution in [0.15, 0.2) is 102 Å². The number of para-hydroxylation sites is 1. The Labute approximate surface area is 217 Å². The minimum atomic E-state index is 0.0999. The molecule has 4 nitrogen and oxygen atoms in total. The number of rotatable bonds is 10. The number of nitrogens with zero attached hydrogens (tertiary/aromatic N) is 3. The van der Waals surface area contributed by atoms with E-state index in [9.17, 15) is 0 Å². The van der Waals surface area contributed by atoms with Crippen molar-refractivity contribution >= 4 is 17.5 Å². The molecule has 0 aliphatic carbocycles. The third kappa shape index (κ3) is 5.28. The van der Waals surface area contributed by atoms with Gasteiger partial charge in [-0.15, -0.1) is 0 Å².